The molecular weight excluding hydrogens is 214 g/mol. The maximum atomic E-state index is 11.0. The summed E-state index contributed by atoms with van der Waals surface area (Å²) in [6.07, 6.45) is 3.89. The highest BCUT2D eigenvalue weighted by molar-refractivity contribution is 5.83. The minimum Gasteiger partial charge on any atom is -0.368 e. The lowest BCUT2D eigenvalue weighted by Crippen LogP contribution is -2.49. The van der Waals surface area contributed by atoms with E-state index < -0.39 is 11.4 Å². The molecule has 0 bridgehead atoms. The molecule has 4 heteroatoms. The van der Waals surface area contributed by atoms with Gasteiger partial charge in [0.1, 0.15) is 0 Å². The number of rotatable bonds is 9. The second-order valence-corrected chi connectivity index (χ2v) is 5.51. The van der Waals surface area contributed by atoms with E-state index in [1.807, 2.05) is 0 Å². The minimum atomic E-state index is -0.852. The minimum absolute atomic E-state index is 0.412. The Labute approximate surface area is 106 Å². The molecule has 0 aromatic heterocycles. The summed E-state index contributed by atoms with van der Waals surface area (Å²) in [4.78, 5) is 13.4. The van der Waals surface area contributed by atoms with E-state index >= 15 is 0 Å². The Morgan fingerprint density at radius 3 is 2.47 bits per heavy atom. The Morgan fingerprint density at radius 1 is 1.41 bits per heavy atom. The molecule has 0 aromatic carbocycles. The van der Waals surface area contributed by atoms with Gasteiger partial charge >= 0.3 is 0 Å². The average molecular weight is 243 g/mol. The highest BCUT2D eigenvalue weighted by Crippen LogP contribution is 2.11. The molecule has 2 unspecified atom stereocenters. The molecule has 0 radical (unpaired) electrons. The molecule has 2 atom stereocenters. The summed E-state index contributed by atoms with van der Waals surface area (Å²) in [5.74, 6) is 0.329. The molecule has 4 N–H and O–H groups in total. The maximum absolute atomic E-state index is 11.0. The lowest BCUT2D eigenvalue weighted by Gasteiger charge is -2.22. The largest absolute Gasteiger partial charge is 0.368 e. The summed E-state index contributed by atoms with van der Waals surface area (Å²) >= 11 is 0. The molecule has 0 aromatic rings. The summed E-state index contributed by atoms with van der Waals surface area (Å²) in [6, 6.07) is 0. The third-order valence-corrected chi connectivity index (χ3v) is 3.37. The topological polar surface area (TPSA) is 72.3 Å². The molecule has 0 aliphatic heterocycles. The molecule has 0 saturated carbocycles. The molecule has 0 aliphatic carbocycles. The van der Waals surface area contributed by atoms with E-state index in [-0.39, 0.29) is 0 Å². The van der Waals surface area contributed by atoms with Gasteiger partial charge in [-0.25, -0.2) is 0 Å². The van der Waals surface area contributed by atoms with Crippen molar-refractivity contribution in [3.63, 3.8) is 0 Å². The van der Waals surface area contributed by atoms with Gasteiger partial charge in [0, 0.05) is 6.54 Å². The van der Waals surface area contributed by atoms with Gasteiger partial charge in [0.05, 0.1) is 5.54 Å². The lowest BCUT2D eigenvalue weighted by atomic mass is 9.95. The molecule has 0 fully saturated rings. The number of nitrogens with two attached hydrogens (primary N) is 2. The van der Waals surface area contributed by atoms with Gasteiger partial charge in [-0.2, -0.15) is 0 Å². The van der Waals surface area contributed by atoms with Gasteiger partial charge in [-0.1, -0.05) is 20.3 Å². The molecule has 0 saturated heterocycles. The van der Waals surface area contributed by atoms with Gasteiger partial charge in [0.2, 0.25) is 5.91 Å². The third-order valence-electron chi connectivity index (χ3n) is 3.37. The summed E-state index contributed by atoms with van der Waals surface area (Å²) in [6.45, 7) is 8.37. The van der Waals surface area contributed by atoms with E-state index in [2.05, 4.69) is 25.8 Å². The smallest absolute Gasteiger partial charge is 0.237 e. The first-order valence-corrected chi connectivity index (χ1v) is 6.57. The van der Waals surface area contributed by atoms with Crippen LogP contribution in [0.15, 0.2) is 0 Å². The number of amides is 1. The number of carbonyl (C=O) groups is 1. The van der Waals surface area contributed by atoms with Crippen molar-refractivity contribution in [2.24, 2.45) is 17.4 Å². The number of primary amides is 1. The van der Waals surface area contributed by atoms with Crippen molar-refractivity contribution in [2.75, 3.05) is 20.1 Å². The van der Waals surface area contributed by atoms with Crippen LogP contribution >= 0.6 is 0 Å². The van der Waals surface area contributed by atoms with Crippen LogP contribution in [-0.2, 0) is 4.79 Å². The summed E-state index contributed by atoms with van der Waals surface area (Å²) in [5, 5.41) is 0. The molecule has 4 nitrogen and oxygen atoms in total. The van der Waals surface area contributed by atoms with Gasteiger partial charge in [-0.15, -0.1) is 0 Å². The first kappa shape index (κ1) is 16.4. The first-order valence-electron chi connectivity index (χ1n) is 6.57. The van der Waals surface area contributed by atoms with E-state index in [0.717, 1.165) is 31.8 Å². The Kier molecular flexibility index (Phi) is 7.39. The van der Waals surface area contributed by atoms with Crippen LogP contribution in [0, 0.1) is 5.92 Å². The Bertz CT molecular complexity index is 229. The number of hydrogen-bond acceptors (Lipinski definition) is 3. The van der Waals surface area contributed by atoms with Gasteiger partial charge in [0.15, 0.2) is 0 Å². The van der Waals surface area contributed by atoms with Gasteiger partial charge in [-0.05, 0) is 45.7 Å². The number of hydrogen-bond donors (Lipinski definition) is 2. The fourth-order valence-electron chi connectivity index (χ4n) is 1.75. The monoisotopic (exact) mass is 243 g/mol. The van der Waals surface area contributed by atoms with E-state index in [1.165, 1.54) is 6.42 Å². The number of unbranched alkanes of at least 4 members (excludes halogenated alkanes) is 1. The maximum Gasteiger partial charge on any atom is 0.237 e. The third kappa shape index (κ3) is 7.34. The van der Waals surface area contributed by atoms with Crippen LogP contribution in [0.2, 0.25) is 0 Å². The number of nitrogens with zero attached hydrogens (tertiary/aromatic N) is 1. The van der Waals surface area contributed by atoms with E-state index in [9.17, 15) is 4.79 Å². The molecule has 0 spiro atoms. The predicted octanol–water partition coefficient (Wildman–Crippen LogP) is 1.34. The van der Waals surface area contributed by atoms with Crippen LogP contribution < -0.4 is 11.5 Å². The van der Waals surface area contributed by atoms with E-state index in [1.54, 1.807) is 6.92 Å². The zero-order valence-corrected chi connectivity index (χ0v) is 11.8. The average Bonchev–Trinajstić information content (AvgIpc) is 2.24. The van der Waals surface area contributed by atoms with Crippen LogP contribution in [0.5, 0.6) is 0 Å². The van der Waals surface area contributed by atoms with Crippen LogP contribution in [0.1, 0.15) is 46.5 Å². The quantitative estimate of drug-likeness (QED) is 0.600. The van der Waals surface area contributed by atoms with Crippen molar-refractivity contribution in [2.45, 2.75) is 52.0 Å². The van der Waals surface area contributed by atoms with Crippen molar-refractivity contribution < 1.29 is 4.79 Å². The van der Waals surface area contributed by atoms with Crippen molar-refractivity contribution in [3.8, 4) is 0 Å². The fourth-order valence-corrected chi connectivity index (χ4v) is 1.75. The van der Waals surface area contributed by atoms with Gasteiger partial charge < -0.3 is 16.4 Å². The molecule has 1 amide bonds. The van der Waals surface area contributed by atoms with Gasteiger partial charge in [-0.3, -0.25) is 4.79 Å². The van der Waals surface area contributed by atoms with Gasteiger partial charge in [0.25, 0.3) is 0 Å². The van der Waals surface area contributed by atoms with Crippen LogP contribution in [-0.4, -0.2) is 36.5 Å². The second kappa shape index (κ2) is 7.67. The summed E-state index contributed by atoms with van der Waals surface area (Å²) < 4.78 is 0. The van der Waals surface area contributed by atoms with Crippen molar-refractivity contribution in [3.05, 3.63) is 0 Å². The molecule has 0 rings (SSSR count). The zero-order chi connectivity index (χ0) is 13.5. The second-order valence-electron chi connectivity index (χ2n) is 5.51. The van der Waals surface area contributed by atoms with Crippen molar-refractivity contribution >= 4 is 5.91 Å². The highest BCUT2D eigenvalue weighted by Gasteiger charge is 2.24. The fraction of sp³-hybridized carbons (Fsp3) is 0.923. The lowest BCUT2D eigenvalue weighted by molar-refractivity contribution is -0.122. The molecule has 102 valence electrons. The molecule has 0 aliphatic rings. The Balaban J connectivity index is 3.68. The van der Waals surface area contributed by atoms with Crippen molar-refractivity contribution in [1.29, 1.82) is 0 Å². The molecule has 17 heavy (non-hydrogen) atoms. The number of carbonyl (C=O) groups excluding carboxylic acids is 1. The molecule has 0 heterocycles. The molecular formula is C13H29N3O. The summed E-state index contributed by atoms with van der Waals surface area (Å²) in [5.41, 5.74) is 10.2. The Hall–Kier alpha value is -0.610. The van der Waals surface area contributed by atoms with E-state index in [0.29, 0.717) is 6.42 Å². The predicted molar refractivity (Wildman–Crippen MR) is 72.6 cm³/mol. The normalized spacial score (nSPS) is 16.8. The van der Waals surface area contributed by atoms with Crippen LogP contribution in [0.4, 0.5) is 0 Å². The zero-order valence-electron chi connectivity index (χ0n) is 11.8. The standard InChI is InChI=1S/C13H29N3O/c1-5-11(2)10-16(4)9-7-6-8-13(3,15)12(14)17/h11H,5-10,15H2,1-4H3,(H2,14,17). The first-order chi connectivity index (χ1) is 7.79. The van der Waals surface area contributed by atoms with Crippen LogP contribution in [0.3, 0.4) is 0 Å². The Morgan fingerprint density at radius 2 is 2.00 bits per heavy atom. The van der Waals surface area contributed by atoms with E-state index in [4.69, 9.17) is 11.5 Å². The SMILES string of the molecule is CCC(C)CN(C)CCCCC(C)(N)C(N)=O. The van der Waals surface area contributed by atoms with Crippen molar-refractivity contribution in [1.82, 2.24) is 4.90 Å². The highest BCUT2D eigenvalue weighted by atomic mass is 16.1. The summed E-state index contributed by atoms with van der Waals surface area (Å²) in [7, 11) is 2.14. The van der Waals surface area contributed by atoms with Crippen LogP contribution in [0.25, 0.3) is 0 Å².